The summed E-state index contributed by atoms with van der Waals surface area (Å²) < 4.78 is 13.0. The second-order valence-electron chi connectivity index (χ2n) is 5.29. The molecule has 0 spiro atoms. The molecular formula is C15H18BrClFNO. The summed E-state index contributed by atoms with van der Waals surface area (Å²) >= 11 is 9.44. The molecule has 1 aliphatic carbocycles. The zero-order valence-corrected chi connectivity index (χ0v) is 13.5. The molecule has 5 heteroatoms. The second kappa shape index (κ2) is 7.41. The lowest BCUT2D eigenvalue weighted by Gasteiger charge is -2.30. The monoisotopic (exact) mass is 361 g/mol. The van der Waals surface area contributed by atoms with E-state index in [9.17, 15) is 9.18 Å². The van der Waals surface area contributed by atoms with Crippen molar-refractivity contribution < 1.29 is 9.18 Å². The molecule has 1 N–H and O–H groups in total. The van der Waals surface area contributed by atoms with Gasteiger partial charge in [-0.1, -0.05) is 40.4 Å². The highest BCUT2D eigenvalue weighted by Gasteiger charge is 2.24. The van der Waals surface area contributed by atoms with Crippen molar-refractivity contribution in [1.82, 2.24) is 5.32 Å². The van der Waals surface area contributed by atoms with Gasteiger partial charge >= 0.3 is 0 Å². The quantitative estimate of drug-likeness (QED) is 0.790. The van der Waals surface area contributed by atoms with Crippen molar-refractivity contribution in [3.05, 3.63) is 34.6 Å². The maximum absolute atomic E-state index is 13.0. The Morgan fingerprint density at radius 3 is 2.70 bits per heavy atom. The van der Waals surface area contributed by atoms with Gasteiger partial charge in [0, 0.05) is 11.9 Å². The van der Waals surface area contributed by atoms with E-state index in [4.69, 9.17) is 11.6 Å². The molecular weight excluding hydrogens is 345 g/mol. The van der Waals surface area contributed by atoms with E-state index in [1.807, 2.05) is 0 Å². The fourth-order valence-electron chi connectivity index (χ4n) is 2.75. The third kappa shape index (κ3) is 3.95. The van der Waals surface area contributed by atoms with E-state index in [1.165, 1.54) is 37.5 Å². The number of halogens is 3. The largest absolute Gasteiger partial charge is 0.352 e. The first-order valence-corrected chi connectivity index (χ1v) is 8.41. The lowest BCUT2D eigenvalue weighted by molar-refractivity contribution is 0.0937. The minimum atomic E-state index is -0.432. The highest BCUT2D eigenvalue weighted by Crippen LogP contribution is 2.30. The van der Waals surface area contributed by atoms with Crippen LogP contribution in [0.4, 0.5) is 4.39 Å². The SMILES string of the molecule is O=C(NCC1CCCCC1CBr)c1ccc(F)cc1Cl. The van der Waals surface area contributed by atoms with E-state index < -0.39 is 5.82 Å². The number of alkyl halides is 1. The number of carbonyl (C=O) groups is 1. The third-order valence-corrected chi connectivity index (χ3v) is 5.11. The number of amides is 1. The summed E-state index contributed by atoms with van der Waals surface area (Å²) in [6, 6.07) is 3.84. The Bertz CT molecular complexity index is 483. The molecule has 1 aromatic rings. The second-order valence-corrected chi connectivity index (χ2v) is 6.35. The molecule has 1 aliphatic rings. The molecule has 1 fully saturated rings. The lowest BCUT2D eigenvalue weighted by atomic mass is 9.80. The van der Waals surface area contributed by atoms with Crippen molar-refractivity contribution in [2.24, 2.45) is 11.8 Å². The van der Waals surface area contributed by atoms with Crippen LogP contribution in [-0.4, -0.2) is 17.8 Å². The van der Waals surface area contributed by atoms with E-state index in [0.717, 1.165) is 11.8 Å². The molecule has 0 heterocycles. The molecule has 1 saturated carbocycles. The molecule has 1 amide bonds. The standard InChI is InChI=1S/C15H18BrClFNO/c16-8-10-3-1-2-4-11(10)9-19-15(20)13-6-5-12(18)7-14(13)17/h5-7,10-11H,1-4,8-9H2,(H,19,20). The van der Waals surface area contributed by atoms with E-state index >= 15 is 0 Å². The molecule has 2 atom stereocenters. The van der Waals surface area contributed by atoms with Gasteiger partial charge in [-0.05, 0) is 42.9 Å². The predicted octanol–water partition coefficient (Wildman–Crippen LogP) is 4.41. The number of carbonyl (C=O) groups excluding carboxylic acids is 1. The van der Waals surface area contributed by atoms with Crippen LogP contribution in [0.1, 0.15) is 36.0 Å². The minimum absolute atomic E-state index is 0.156. The fourth-order valence-corrected chi connectivity index (χ4v) is 3.85. The molecule has 20 heavy (non-hydrogen) atoms. The summed E-state index contributed by atoms with van der Waals surface area (Å²) in [5.41, 5.74) is 0.333. The van der Waals surface area contributed by atoms with Crippen LogP contribution < -0.4 is 5.32 Å². The van der Waals surface area contributed by atoms with Gasteiger partial charge in [-0.3, -0.25) is 4.79 Å². The van der Waals surface area contributed by atoms with Gasteiger partial charge in [-0.2, -0.15) is 0 Å². The molecule has 0 radical (unpaired) electrons. The van der Waals surface area contributed by atoms with Crippen molar-refractivity contribution in [1.29, 1.82) is 0 Å². The van der Waals surface area contributed by atoms with Gasteiger partial charge in [-0.15, -0.1) is 0 Å². The maximum atomic E-state index is 13.0. The smallest absolute Gasteiger partial charge is 0.252 e. The summed E-state index contributed by atoms with van der Waals surface area (Å²) in [5.74, 6) is 0.464. The van der Waals surface area contributed by atoms with Gasteiger partial charge in [0.05, 0.1) is 10.6 Å². The maximum Gasteiger partial charge on any atom is 0.252 e. The average molecular weight is 363 g/mol. The van der Waals surface area contributed by atoms with E-state index in [-0.39, 0.29) is 10.9 Å². The summed E-state index contributed by atoms with van der Waals surface area (Å²) in [7, 11) is 0. The molecule has 0 saturated heterocycles. The summed E-state index contributed by atoms with van der Waals surface area (Å²) in [6.07, 6.45) is 4.85. The predicted molar refractivity (Wildman–Crippen MR) is 83.0 cm³/mol. The zero-order valence-electron chi connectivity index (χ0n) is 11.2. The Hall–Kier alpha value is -0.610. The van der Waals surface area contributed by atoms with Gasteiger partial charge in [0.2, 0.25) is 0 Å². The summed E-state index contributed by atoms with van der Waals surface area (Å²) in [6.45, 7) is 0.656. The van der Waals surface area contributed by atoms with Crippen LogP contribution in [0.2, 0.25) is 5.02 Å². The fraction of sp³-hybridized carbons (Fsp3) is 0.533. The van der Waals surface area contributed by atoms with Crippen LogP contribution in [0, 0.1) is 17.7 Å². The summed E-state index contributed by atoms with van der Waals surface area (Å²) in [4.78, 5) is 12.1. The number of rotatable bonds is 4. The normalized spacial score (nSPS) is 22.6. The van der Waals surface area contributed by atoms with Gasteiger partial charge < -0.3 is 5.32 Å². The van der Waals surface area contributed by atoms with Crippen molar-refractivity contribution in [3.63, 3.8) is 0 Å². The highest BCUT2D eigenvalue weighted by atomic mass is 79.9. The Morgan fingerprint density at radius 1 is 1.35 bits per heavy atom. The van der Waals surface area contributed by atoms with Gasteiger partial charge in [0.25, 0.3) is 5.91 Å². The van der Waals surface area contributed by atoms with Crippen LogP contribution in [0.25, 0.3) is 0 Å². The van der Waals surface area contributed by atoms with Gasteiger partial charge in [-0.25, -0.2) is 4.39 Å². The van der Waals surface area contributed by atoms with Crippen molar-refractivity contribution in [2.45, 2.75) is 25.7 Å². The van der Waals surface area contributed by atoms with Gasteiger partial charge in [0.15, 0.2) is 0 Å². The topological polar surface area (TPSA) is 29.1 Å². The first kappa shape index (κ1) is 15.8. The Kier molecular flexibility index (Phi) is 5.85. The minimum Gasteiger partial charge on any atom is -0.352 e. The molecule has 0 aromatic heterocycles. The third-order valence-electron chi connectivity index (χ3n) is 3.97. The van der Waals surface area contributed by atoms with E-state index in [0.29, 0.717) is 23.9 Å². The number of hydrogen-bond acceptors (Lipinski definition) is 1. The molecule has 0 bridgehead atoms. The van der Waals surface area contributed by atoms with Crippen molar-refractivity contribution in [3.8, 4) is 0 Å². The van der Waals surface area contributed by atoms with Crippen LogP contribution in [0.3, 0.4) is 0 Å². The number of hydrogen-bond donors (Lipinski definition) is 1. The first-order chi connectivity index (χ1) is 9.61. The molecule has 110 valence electrons. The van der Waals surface area contributed by atoms with Crippen molar-refractivity contribution in [2.75, 3.05) is 11.9 Å². The Balaban J connectivity index is 1.94. The molecule has 1 aromatic carbocycles. The molecule has 2 unspecified atom stereocenters. The Labute approximate surface area is 132 Å². The van der Waals surface area contributed by atoms with Crippen LogP contribution in [-0.2, 0) is 0 Å². The highest BCUT2D eigenvalue weighted by molar-refractivity contribution is 9.09. The molecule has 0 aliphatic heterocycles. The lowest BCUT2D eigenvalue weighted by Crippen LogP contribution is -2.35. The summed E-state index contributed by atoms with van der Waals surface area (Å²) in [5, 5.41) is 4.06. The van der Waals surface area contributed by atoms with Crippen molar-refractivity contribution >= 4 is 33.4 Å². The van der Waals surface area contributed by atoms with Crippen LogP contribution >= 0.6 is 27.5 Å². The first-order valence-electron chi connectivity index (χ1n) is 6.91. The number of nitrogens with one attached hydrogen (secondary N) is 1. The number of benzene rings is 1. The van der Waals surface area contributed by atoms with E-state index in [2.05, 4.69) is 21.2 Å². The van der Waals surface area contributed by atoms with Crippen LogP contribution in [0.15, 0.2) is 18.2 Å². The van der Waals surface area contributed by atoms with E-state index in [1.54, 1.807) is 0 Å². The molecule has 2 nitrogen and oxygen atoms in total. The van der Waals surface area contributed by atoms with Crippen LogP contribution in [0.5, 0.6) is 0 Å². The zero-order chi connectivity index (χ0) is 14.5. The Morgan fingerprint density at radius 2 is 2.05 bits per heavy atom. The van der Waals surface area contributed by atoms with Gasteiger partial charge in [0.1, 0.15) is 5.82 Å². The average Bonchev–Trinajstić information content (AvgIpc) is 2.45. The molecule has 2 rings (SSSR count).